The molecule has 0 atom stereocenters. The van der Waals surface area contributed by atoms with Crippen molar-refractivity contribution in [1.82, 2.24) is 0 Å². The molecule has 14 heavy (non-hydrogen) atoms. The SMILES string of the molecule is SCCCCCCc1ccc(Cl)cc1. The van der Waals surface area contributed by atoms with Gasteiger partial charge in [-0.2, -0.15) is 12.6 Å². The third kappa shape index (κ3) is 4.92. The number of unbranched alkanes of at least 4 members (excludes halogenated alkanes) is 3. The van der Waals surface area contributed by atoms with Crippen LogP contribution >= 0.6 is 24.2 Å². The van der Waals surface area contributed by atoms with E-state index in [0.717, 1.165) is 10.8 Å². The quantitative estimate of drug-likeness (QED) is 0.543. The summed E-state index contributed by atoms with van der Waals surface area (Å²) in [5.41, 5.74) is 1.39. The van der Waals surface area contributed by atoms with E-state index in [1.807, 2.05) is 12.1 Å². The number of aryl methyl sites for hydroxylation is 1. The van der Waals surface area contributed by atoms with Crippen LogP contribution in [0, 0.1) is 0 Å². The third-order valence-electron chi connectivity index (χ3n) is 2.29. The minimum Gasteiger partial charge on any atom is -0.179 e. The summed E-state index contributed by atoms with van der Waals surface area (Å²) in [6.07, 6.45) is 6.29. The van der Waals surface area contributed by atoms with Crippen molar-refractivity contribution in [3.63, 3.8) is 0 Å². The normalized spacial score (nSPS) is 10.4. The van der Waals surface area contributed by atoms with Gasteiger partial charge < -0.3 is 0 Å². The summed E-state index contributed by atoms with van der Waals surface area (Å²) >= 11 is 10.00. The van der Waals surface area contributed by atoms with Crippen molar-refractivity contribution in [3.8, 4) is 0 Å². The molecule has 1 aromatic carbocycles. The number of halogens is 1. The molecule has 0 aliphatic rings. The van der Waals surface area contributed by atoms with Gasteiger partial charge >= 0.3 is 0 Å². The molecule has 0 heterocycles. The number of thiol groups is 1. The van der Waals surface area contributed by atoms with Gasteiger partial charge in [0, 0.05) is 5.02 Å². The van der Waals surface area contributed by atoms with Gasteiger partial charge in [-0.15, -0.1) is 0 Å². The van der Waals surface area contributed by atoms with Gasteiger partial charge in [0.25, 0.3) is 0 Å². The molecule has 0 saturated heterocycles. The summed E-state index contributed by atoms with van der Waals surface area (Å²) in [6.45, 7) is 0. The monoisotopic (exact) mass is 228 g/mol. The molecule has 0 aromatic heterocycles. The summed E-state index contributed by atoms with van der Waals surface area (Å²) in [4.78, 5) is 0. The fraction of sp³-hybridized carbons (Fsp3) is 0.500. The van der Waals surface area contributed by atoms with Crippen molar-refractivity contribution in [1.29, 1.82) is 0 Å². The molecule has 0 aliphatic carbocycles. The Balaban J connectivity index is 2.15. The fourth-order valence-corrected chi connectivity index (χ4v) is 1.80. The lowest BCUT2D eigenvalue weighted by atomic mass is 10.1. The molecule has 0 aliphatic heterocycles. The highest BCUT2D eigenvalue weighted by molar-refractivity contribution is 7.80. The molecular formula is C12H17ClS. The molecule has 0 radical (unpaired) electrons. The van der Waals surface area contributed by atoms with Crippen LogP contribution in [0.4, 0.5) is 0 Å². The molecule has 0 unspecified atom stereocenters. The molecule has 0 amide bonds. The summed E-state index contributed by atoms with van der Waals surface area (Å²) in [5.74, 6) is 1.01. The Bertz CT molecular complexity index is 243. The molecule has 0 bridgehead atoms. The molecule has 2 heteroatoms. The first-order chi connectivity index (χ1) is 6.83. The van der Waals surface area contributed by atoms with E-state index in [1.54, 1.807) is 0 Å². The Hall–Kier alpha value is -0.140. The summed E-state index contributed by atoms with van der Waals surface area (Å²) in [5, 5.41) is 0.823. The first kappa shape index (κ1) is 11.9. The van der Waals surface area contributed by atoms with Crippen LogP contribution in [0.3, 0.4) is 0 Å². The second-order valence-electron chi connectivity index (χ2n) is 3.51. The van der Waals surface area contributed by atoms with Crippen LogP contribution in [0.5, 0.6) is 0 Å². The second kappa shape index (κ2) is 7.19. The van der Waals surface area contributed by atoms with E-state index in [2.05, 4.69) is 24.8 Å². The highest BCUT2D eigenvalue weighted by atomic mass is 35.5. The standard InChI is InChI=1S/C12H17ClS/c13-12-8-6-11(7-9-12)5-3-1-2-4-10-14/h6-9,14H,1-5,10H2. The van der Waals surface area contributed by atoms with Gasteiger partial charge in [0.1, 0.15) is 0 Å². The minimum atomic E-state index is 0.823. The summed E-state index contributed by atoms with van der Waals surface area (Å²) in [6, 6.07) is 8.15. The Kier molecular flexibility index (Phi) is 6.13. The average Bonchev–Trinajstić information content (AvgIpc) is 2.21. The summed E-state index contributed by atoms with van der Waals surface area (Å²) in [7, 11) is 0. The molecule has 1 rings (SSSR count). The zero-order valence-electron chi connectivity index (χ0n) is 8.38. The Morgan fingerprint density at radius 3 is 2.21 bits per heavy atom. The van der Waals surface area contributed by atoms with Crippen molar-refractivity contribution >= 4 is 24.2 Å². The van der Waals surface area contributed by atoms with Crippen molar-refractivity contribution in [2.24, 2.45) is 0 Å². The van der Waals surface area contributed by atoms with Crippen LogP contribution in [0.25, 0.3) is 0 Å². The lowest BCUT2D eigenvalue weighted by Crippen LogP contribution is -1.86. The Morgan fingerprint density at radius 1 is 0.929 bits per heavy atom. The Morgan fingerprint density at radius 2 is 1.57 bits per heavy atom. The van der Waals surface area contributed by atoms with Gasteiger partial charge in [0.2, 0.25) is 0 Å². The van der Waals surface area contributed by atoms with Crippen molar-refractivity contribution in [2.75, 3.05) is 5.75 Å². The number of benzene rings is 1. The smallest absolute Gasteiger partial charge is 0.0406 e. The van der Waals surface area contributed by atoms with E-state index in [0.29, 0.717) is 0 Å². The highest BCUT2D eigenvalue weighted by Crippen LogP contribution is 2.12. The molecule has 0 N–H and O–H groups in total. The van der Waals surface area contributed by atoms with E-state index in [1.165, 1.54) is 37.7 Å². The maximum atomic E-state index is 5.81. The lowest BCUT2D eigenvalue weighted by molar-refractivity contribution is 0.671. The zero-order valence-corrected chi connectivity index (χ0v) is 10.0. The molecular weight excluding hydrogens is 212 g/mol. The molecule has 0 saturated carbocycles. The maximum Gasteiger partial charge on any atom is 0.0406 e. The molecule has 78 valence electrons. The number of rotatable bonds is 6. The van der Waals surface area contributed by atoms with Gasteiger partial charge in [0.05, 0.1) is 0 Å². The molecule has 1 aromatic rings. The van der Waals surface area contributed by atoms with Crippen molar-refractivity contribution in [2.45, 2.75) is 32.1 Å². The van der Waals surface area contributed by atoms with Crippen LogP contribution in [-0.4, -0.2) is 5.75 Å². The minimum absolute atomic E-state index is 0.823. The fourth-order valence-electron chi connectivity index (χ4n) is 1.45. The van der Waals surface area contributed by atoms with E-state index in [9.17, 15) is 0 Å². The first-order valence-corrected chi connectivity index (χ1v) is 6.19. The van der Waals surface area contributed by atoms with Gasteiger partial charge in [-0.3, -0.25) is 0 Å². The average molecular weight is 229 g/mol. The number of hydrogen-bond acceptors (Lipinski definition) is 1. The topological polar surface area (TPSA) is 0 Å². The predicted octanol–water partition coefficient (Wildman–Crippen LogP) is 4.37. The van der Waals surface area contributed by atoms with Crippen molar-refractivity contribution < 1.29 is 0 Å². The Labute approximate surface area is 97.1 Å². The van der Waals surface area contributed by atoms with E-state index in [4.69, 9.17) is 11.6 Å². The lowest BCUT2D eigenvalue weighted by Gasteiger charge is -2.01. The van der Waals surface area contributed by atoms with Crippen LogP contribution in [0.15, 0.2) is 24.3 Å². The summed E-state index contributed by atoms with van der Waals surface area (Å²) < 4.78 is 0. The van der Waals surface area contributed by atoms with Gasteiger partial charge in [-0.1, -0.05) is 36.6 Å². The molecule has 0 fully saturated rings. The van der Waals surface area contributed by atoms with Gasteiger partial charge in [-0.25, -0.2) is 0 Å². The first-order valence-electron chi connectivity index (χ1n) is 5.18. The van der Waals surface area contributed by atoms with E-state index in [-0.39, 0.29) is 0 Å². The van der Waals surface area contributed by atoms with Gasteiger partial charge in [-0.05, 0) is 42.7 Å². The van der Waals surface area contributed by atoms with Crippen molar-refractivity contribution in [3.05, 3.63) is 34.9 Å². The maximum absolute atomic E-state index is 5.81. The van der Waals surface area contributed by atoms with E-state index < -0.39 is 0 Å². The van der Waals surface area contributed by atoms with Crippen LogP contribution < -0.4 is 0 Å². The predicted molar refractivity (Wildman–Crippen MR) is 67.5 cm³/mol. The second-order valence-corrected chi connectivity index (χ2v) is 4.40. The van der Waals surface area contributed by atoms with Crippen LogP contribution in [0.2, 0.25) is 5.02 Å². The zero-order chi connectivity index (χ0) is 10.2. The largest absolute Gasteiger partial charge is 0.179 e. The third-order valence-corrected chi connectivity index (χ3v) is 2.86. The van der Waals surface area contributed by atoms with E-state index >= 15 is 0 Å². The van der Waals surface area contributed by atoms with Crippen LogP contribution in [0.1, 0.15) is 31.2 Å². The molecule has 0 spiro atoms. The van der Waals surface area contributed by atoms with Crippen LogP contribution in [-0.2, 0) is 6.42 Å². The van der Waals surface area contributed by atoms with Gasteiger partial charge in [0.15, 0.2) is 0 Å². The molecule has 0 nitrogen and oxygen atoms in total. The highest BCUT2D eigenvalue weighted by Gasteiger charge is 1.93. The number of hydrogen-bond donors (Lipinski definition) is 1.